The lowest BCUT2D eigenvalue weighted by atomic mass is 10.0. The van der Waals surface area contributed by atoms with Crippen LogP contribution in [-0.2, 0) is 6.54 Å². The van der Waals surface area contributed by atoms with Gasteiger partial charge in [0.2, 0.25) is 5.96 Å². The van der Waals surface area contributed by atoms with Gasteiger partial charge in [-0.1, -0.05) is 43.0 Å². The molecule has 2 amide bonds. The van der Waals surface area contributed by atoms with Crippen LogP contribution in [0.25, 0.3) is 5.57 Å². The van der Waals surface area contributed by atoms with Gasteiger partial charge in [-0.05, 0) is 23.3 Å². The van der Waals surface area contributed by atoms with Crippen LogP contribution in [0.3, 0.4) is 0 Å². The molecule has 9 nitrogen and oxygen atoms in total. The lowest BCUT2D eigenvalue weighted by Gasteiger charge is -2.18. The molecule has 2 aromatic rings. The number of para-hydroxylation sites is 2. The second-order valence-corrected chi connectivity index (χ2v) is 7.40. The number of urea groups is 1. The standard InChI is InChI=1S/C23H24F3N5O4/c1-14-18(16-8-6-15(7-9-16)10-27-11-17(33)13-32)12-28-21(29-14)31-22(34)30-19-4-2-3-5-20(19)35-23(24,25)26/h2-9,12,17,27,32-33H,1,10-11,13H2,(H3,28,29,30,31,34). The first kappa shape index (κ1) is 25.7. The van der Waals surface area contributed by atoms with Crippen molar-refractivity contribution in [2.45, 2.75) is 19.0 Å². The lowest BCUT2D eigenvalue weighted by molar-refractivity contribution is -0.274. The van der Waals surface area contributed by atoms with E-state index >= 15 is 0 Å². The van der Waals surface area contributed by atoms with Crippen LogP contribution < -0.4 is 26.0 Å². The highest BCUT2D eigenvalue weighted by atomic mass is 19.4. The Hall–Kier alpha value is -3.87. The minimum atomic E-state index is -4.90. The summed E-state index contributed by atoms with van der Waals surface area (Å²) in [6, 6.07) is 11.8. The number of benzene rings is 2. The van der Waals surface area contributed by atoms with Gasteiger partial charge in [-0.2, -0.15) is 0 Å². The molecule has 35 heavy (non-hydrogen) atoms. The van der Waals surface area contributed by atoms with Gasteiger partial charge in [0, 0.05) is 24.9 Å². The summed E-state index contributed by atoms with van der Waals surface area (Å²) in [5, 5.41) is 28.7. The van der Waals surface area contributed by atoms with E-state index < -0.39 is 24.2 Å². The van der Waals surface area contributed by atoms with Gasteiger partial charge < -0.3 is 30.9 Å². The summed E-state index contributed by atoms with van der Waals surface area (Å²) in [6.07, 6.45) is -4.13. The molecule has 0 aliphatic carbocycles. The molecule has 1 heterocycles. The fourth-order valence-electron chi connectivity index (χ4n) is 3.06. The van der Waals surface area contributed by atoms with Crippen molar-refractivity contribution < 1.29 is 32.9 Å². The van der Waals surface area contributed by atoms with E-state index in [0.29, 0.717) is 17.8 Å². The molecule has 0 bridgehead atoms. The molecule has 3 rings (SSSR count). The Kier molecular flexibility index (Phi) is 8.47. The zero-order valence-corrected chi connectivity index (χ0v) is 18.4. The number of nitrogens with one attached hydrogen (secondary N) is 4. The summed E-state index contributed by atoms with van der Waals surface area (Å²) in [5.41, 5.74) is 2.64. The van der Waals surface area contributed by atoms with Crippen LogP contribution in [0.15, 0.2) is 72.0 Å². The van der Waals surface area contributed by atoms with Crippen LogP contribution in [0.4, 0.5) is 23.7 Å². The predicted octanol–water partition coefficient (Wildman–Crippen LogP) is 2.66. The van der Waals surface area contributed by atoms with E-state index in [1.165, 1.54) is 18.2 Å². The molecule has 1 aliphatic rings. The molecule has 0 radical (unpaired) electrons. The van der Waals surface area contributed by atoms with E-state index in [1.54, 1.807) is 6.20 Å². The molecular weight excluding hydrogens is 467 g/mol. The van der Waals surface area contributed by atoms with E-state index in [4.69, 9.17) is 5.11 Å². The number of amides is 2. The van der Waals surface area contributed by atoms with Gasteiger partial charge in [-0.25, -0.2) is 9.79 Å². The number of alkyl halides is 3. The molecule has 6 N–H and O–H groups in total. The Morgan fingerprint density at radius 3 is 2.51 bits per heavy atom. The molecule has 186 valence electrons. The van der Waals surface area contributed by atoms with Crippen LogP contribution in [0.2, 0.25) is 0 Å². The van der Waals surface area contributed by atoms with Crippen molar-refractivity contribution in [2.75, 3.05) is 18.5 Å². The zero-order chi connectivity index (χ0) is 25.4. The number of hydrogen-bond acceptors (Lipinski definition) is 7. The average Bonchev–Trinajstić information content (AvgIpc) is 2.80. The van der Waals surface area contributed by atoms with Gasteiger partial charge in [-0.15, -0.1) is 13.2 Å². The smallest absolute Gasteiger partial charge is 0.404 e. The van der Waals surface area contributed by atoms with Gasteiger partial charge in [0.25, 0.3) is 0 Å². The number of anilines is 1. The minimum Gasteiger partial charge on any atom is -0.404 e. The van der Waals surface area contributed by atoms with Gasteiger partial charge in [0.1, 0.15) is 0 Å². The van der Waals surface area contributed by atoms with E-state index in [1.807, 2.05) is 24.3 Å². The molecular formula is C23H24F3N5O4. The van der Waals surface area contributed by atoms with Crippen molar-refractivity contribution in [3.63, 3.8) is 0 Å². The predicted molar refractivity (Wildman–Crippen MR) is 124 cm³/mol. The van der Waals surface area contributed by atoms with E-state index in [0.717, 1.165) is 17.2 Å². The molecule has 1 atom stereocenters. The third-order valence-electron chi connectivity index (χ3n) is 4.69. The fraction of sp³-hybridized carbons (Fsp3) is 0.217. The summed E-state index contributed by atoms with van der Waals surface area (Å²) in [4.78, 5) is 16.5. The monoisotopic (exact) mass is 491 g/mol. The van der Waals surface area contributed by atoms with Gasteiger partial charge in [-0.3, -0.25) is 5.32 Å². The topological polar surface area (TPSA) is 127 Å². The van der Waals surface area contributed by atoms with Crippen LogP contribution in [0.5, 0.6) is 5.75 Å². The first-order chi connectivity index (χ1) is 16.6. The quantitative estimate of drug-likeness (QED) is 0.337. The second kappa shape index (κ2) is 11.5. The van der Waals surface area contributed by atoms with Gasteiger partial charge in [0.05, 0.1) is 24.1 Å². The van der Waals surface area contributed by atoms with Crippen molar-refractivity contribution in [2.24, 2.45) is 4.99 Å². The maximum atomic E-state index is 12.6. The summed E-state index contributed by atoms with van der Waals surface area (Å²) < 4.78 is 41.6. The molecule has 1 aliphatic heterocycles. The van der Waals surface area contributed by atoms with Crippen molar-refractivity contribution in [1.82, 2.24) is 16.0 Å². The largest absolute Gasteiger partial charge is 0.573 e. The molecule has 0 aromatic heterocycles. The SMILES string of the molecule is C=C1N=C(NC(=O)Nc2ccccc2OC(F)(F)F)NC=C1c1ccc(CNCC(O)CO)cc1. The average molecular weight is 491 g/mol. The Balaban J connectivity index is 1.56. The van der Waals surface area contributed by atoms with Crippen LogP contribution in [0.1, 0.15) is 11.1 Å². The normalized spacial score (nSPS) is 14.4. The van der Waals surface area contributed by atoms with Crippen LogP contribution in [-0.4, -0.2) is 47.8 Å². The number of halogens is 3. The molecule has 12 heteroatoms. The van der Waals surface area contributed by atoms with Crippen molar-refractivity contribution in [3.05, 3.63) is 78.1 Å². The van der Waals surface area contributed by atoms with Crippen molar-refractivity contribution >= 4 is 23.3 Å². The van der Waals surface area contributed by atoms with E-state index in [2.05, 4.69) is 37.6 Å². The highest BCUT2D eigenvalue weighted by Crippen LogP contribution is 2.30. The second-order valence-electron chi connectivity index (χ2n) is 7.40. The number of ether oxygens (including phenoxy) is 1. The number of aliphatic imine (C=N–C) groups is 1. The number of guanidine groups is 1. The van der Waals surface area contributed by atoms with E-state index in [-0.39, 0.29) is 24.8 Å². The minimum absolute atomic E-state index is 0.0359. The lowest BCUT2D eigenvalue weighted by Crippen LogP contribution is -2.42. The van der Waals surface area contributed by atoms with Crippen molar-refractivity contribution in [1.29, 1.82) is 0 Å². The molecule has 1 unspecified atom stereocenters. The number of carbonyl (C=O) groups excluding carboxylic acids is 1. The number of rotatable bonds is 8. The van der Waals surface area contributed by atoms with Crippen LogP contribution >= 0.6 is 0 Å². The Labute approximate surface area is 199 Å². The Morgan fingerprint density at radius 2 is 1.86 bits per heavy atom. The highest BCUT2D eigenvalue weighted by molar-refractivity contribution is 6.05. The first-order valence-corrected chi connectivity index (χ1v) is 10.4. The van der Waals surface area contributed by atoms with Gasteiger partial charge in [0.15, 0.2) is 5.75 Å². The summed E-state index contributed by atoms with van der Waals surface area (Å²) in [6.45, 7) is 4.36. The maximum Gasteiger partial charge on any atom is 0.573 e. The van der Waals surface area contributed by atoms with E-state index in [9.17, 15) is 23.1 Å². The summed E-state index contributed by atoms with van der Waals surface area (Å²) >= 11 is 0. The number of nitrogens with zero attached hydrogens (tertiary/aromatic N) is 1. The van der Waals surface area contributed by atoms with Crippen LogP contribution in [0, 0.1) is 0 Å². The number of aliphatic hydroxyl groups excluding tert-OH is 2. The molecule has 0 spiro atoms. The maximum absolute atomic E-state index is 12.6. The Bertz CT molecular complexity index is 1120. The first-order valence-electron chi connectivity index (χ1n) is 10.4. The van der Waals surface area contributed by atoms with Crippen molar-refractivity contribution in [3.8, 4) is 5.75 Å². The summed E-state index contributed by atoms with van der Waals surface area (Å²) in [7, 11) is 0. The number of allylic oxidation sites excluding steroid dienone is 1. The zero-order valence-electron chi connectivity index (χ0n) is 18.4. The molecule has 0 fully saturated rings. The Morgan fingerprint density at radius 1 is 1.14 bits per heavy atom. The third-order valence-corrected chi connectivity index (χ3v) is 4.69. The number of hydrogen-bond donors (Lipinski definition) is 6. The highest BCUT2D eigenvalue weighted by Gasteiger charge is 2.32. The number of carbonyl (C=O) groups is 1. The van der Waals surface area contributed by atoms with Gasteiger partial charge >= 0.3 is 12.4 Å². The number of aliphatic hydroxyl groups is 2. The fourth-order valence-corrected chi connectivity index (χ4v) is 3.06. The molecule has 0 saturated heterocycles. The third kappa shape index (κ3) is 7.84. The summed E-state index contributed by atoms with van der Waals surface area (Å²) in [5.74, 6) is -0.516. The molecule has 2 aromatic carbocycles. The molecule has 0 saturated carbocycles.